The van der Waals surface area contributed by atoms with Crippen LogP contribution in [-0.2, 0) is 4.79 Å². The first-order valence-corrected chi connectivity index (χ1v) is 8.16. The third kappa shape index (κ3) is 4.76. The Morgan fingerprint density at radius 1 is 1.12 bits per heavy atom. The van der Waals surface area contributed by atoms with Crippen molar-refractivity contribution in [2.24, 2.45) is 0 Å². The van der Waals surface area contributed by atoms with E-state index in [4.69, 9.17) is 0 Å². The highest BCUT2D eigenvalue weighted by atomic mass is 16.6. The molecule has 3 rings (SSSR count). The maximum Gasteiger partial charge on any atom is 0.271 e. The molecule has 132 valence electrons. The third-order valence-corrected chi connectivity index (χ3v) is 3.84. The number of carbonyl (C=O) groups excluding carboxylic acids is 2. The van der Waals surface area contributed by atoms with Gasteiger partial charge in [0.05, 0.1) is 4.92 Å². The van der Waals surface area contributed by atoms with Crippen molar-refractivity contribution in [1.82, 2.24) is 5.32 Å². The zero-order valence-corrected chi connectivity index (χ0v) is 13.8. The van der Waals surface area contributed by atoms with Crippen LogP contribution in [0.1, 0.15) is 28.8 Å². The van der Waals surface area contributed by atoms with Gasteiger partial charge in [0.1, 0.15) is 0 Å². The van der Waals surface area contributed by atoms with Gasteiger partial charge in [-0.25, -0.2) is 0 Å². The Kier molecular flexibility index (Phi) is 5.07. The monoisotopic (exact) mass is 351 g/mol. The molecule has 0 saturated heterocycles. The van der Waals surface area contributed by atoms with Crippen LogP contribution in [0.2, 0.25) is 0 Å². The zero-order chi connectivity index (χ0) is 18.5. The number of amides is 2. The lowest BCUT2D eigenvalue weighted by atomic mass is 10.1. The quantitative estimate of drug-likeness (QED) is 0.474. The van der Waals surface area contributed by atoms with E-state index in [9.17, 15) is 19.7 Å². The molecule has 0 spiro atoms. The van der Waals surface area contributed by atoms with Gasteiger partial charge in [-0.1, -0.05) is 18.2 Å². The Balaban J connectivity index is 1.58. The fraction of sp³-hybridized carbons (Fsp3) is 0.158. The number of carbonyl (C=O) groups is 2. The summed E-state index contributed by atoms with van der Waals surface area (Å²) in [4.78, 5) is 34.1. The predicted molar refractivity (Wildman–Crippen MR) is 97.7 cm³/mol. The van der Waals surface area contributed by atoms with Crippen LogP contribution < -0.4 is 10.6 Å². The van der Waals surface area contributed by atoms with Gasteiger partial charge in [0, 0.05) is 35.5 Å². The van der Waals surface area contributed by atoms with Crippen LogP contribution >= 0.6 is 0 Å². The molecule has 0 bridgehead atoms. The summed E-state index contributed by atoms with van der Waals surface area (Å²) in [5.74, 6) is -0.493. The topological polar surface area (TPSA) is 101 Å². The normalized spacial score (nSPS) is 13.4. The Morgan fingerprint density at radius 2 is 1.85 bits per heavy atom. The largest absolute Gasteiger partial charge is 0.349 e. The molecule has 1 aliphatic rings. The first-order chi connectivity index (χ1) is 12.5. The van der Waals surface area contributed by atoms with Crippen molar-refractivity contribution in [2.45, 2.75) is 18.9 Å². The molecular formula is C19H17N3O4. The number of rotatable bonds is 6. The zero-order valence-electron chi connectivity index (χ0n) is 13.8. The van der Waals surface area contributed by atoms with Crippen molar-refractivity contribution >= 4 is 29.3 Å². The Hall–Kier alpha value is -3.48. The summed E-state index contributed by atoms with van der Waals surface area (Å²) in [6.45, 7) is 0. The summed E-state index contributed by atoms with van der Waals surface area (Å²) in [6.07, 6.45) is 5.01. The van der Waals surface area contributed by atoms with Gasteiger partial charge in [-0.3, -0.25) is 19.7 Å². The number of anilines is 1. The van der Waals surface area contributed by atoms with E-state index in [0.717, 1.165) is 18.4 Å². The van der Waals surface area contributed by atoms with Crippen molar-refractivity contribution in [3.8, 4) is 0 Å². The van der Waals surface area contributed by atoms with E-state index in [1.54, 1.807) is 36.4 Å². The predicted octanol–water partition coefficient (Wildman–Crippen LogP) is 3.14. The average molecular weight is 351 g/mol. The van der Waals surface area contributed by atoms with Gasteiger partial charge in [0.15, 0.2) is 0 Å². The van der Waals surface area contributed by atoms with Gasteiger partial charge in [-0.2, -0.15) is 0 Å². The van der Waals surface area contributed by atoms with Gasteiger partial charge < -0.3 is 10.6 Å². The highest BCUT2D eigenvalue weighted by Crippen LogP contribution is 2.19. The standard InChI is InChI=1S/C19H17N3O4/c23-18(20-16-2-1-3-17(12-16)22(25)26)11-6-13-4-7-14(8-5-13)19(24)21-15-9-10-15/h1-8,11-12,15H,9-10H2,(H,20,23)(H,21,24)/b11-6+. The number of nitrogens with one attached hydrogen (secondary N) is 2. The molecule has 2 amide bonds. The molecule has 0 heterocycles. The Labute approximate surface area is 149 Å². The van der Waals surface area contributed by atoms with Crippen LogP contribution in [0.3, 0.4) is 0 Å². The molecule has 1 fully saturated rings. The number of benzene rings is 2. The van der Waals surface area contributed by atoms with Crippen molar-refractivity contribution in [1.29, 1.82) is 0 Å². The van der Waals surface area contributed by atoms with Crippen LogP contribution in [-0.4, -0.2) is 22.8 Å². The Morgan fingerprint density at radius 3 is 2.50 bits per heavy atom. The SMILES string of the molecule is O=C(/C=C/c1ccc(C(=O)NC2CC2)cc1)Nc1cccc([N+](=O)[O-])c1. The number of nitrogens with zero attached hydrogens (tertiary/aromatic N) is 1. The van der Waals surface area contributed by atoms with Crippen molar-refractivity contribution < 1.29 is 14.5 Å². The minimum atomic E-state index is -0.521. The van der Waals surface area contributed by atoms with E-state index in [1.165, 1.54) is 24.3 Å². The van der Waals surface area contributed by atoms with Gasteiger partial charge in [-0.15, -0.1) is 0 Å². The van der Waals surface area contributed by atoms with E-state index in [-0.39, 0.29) is 11.6 Å². The van der Waals surface area contributed by atoms with Gasteiger partial charge in [0.2, 0.25) is 5.91 Å². The van der Waals surface area contributed by atoms with Gasteiger partial charge in [-0.05, 0) is 42.7 Å². The van der Waals surface area contributed by atoms with E-state index >= 15 is 0 Å². The minimum Gasteiger partial charge on any atom is -0.349 e. The summed E-state index contributed by atoms with van der Waals surface area (Å²) in [5, 5.41) is 16.2. The first kappa shape index (κ1) is 17.3. The van der Waals surface area contributed by atoms with E-state index in [0.29, 0.717) is 17.3 Å². The fourth-order valence-corrected chi connectivity index (χ4v) is 2.30. The second kappa shape index (κ2) is 7.60. The number of nitro groups is 1. The summed E-state index contributed by atoms with van der Waals surface area (Å²) in [5.41, 5.74) is 1.60. The molecule has 0 radical (unpaired) electrons. The summed E-state index contributed by atoms with van der Waals surface area (Å²) >= 11 is 0. The lowest BCUT2D eigenvalue weighted by Crippen LogP contribution is -2.25. The highest BCUT2D eigenvalue weighted by Gasteiger charge is 2.23. The minimum absolute atomic E-state index is 0.0909. The lowest BCUT2D eigenvalue weighted by Gasteiger charge is -2.03. The van der Waals surface area contributed by atoms with Crippen LogP contribution in [0.25, 0.3) is 6.08 Å². The molecule has 7 nitrogen and oxygen atoms in total. The molecule has 0 atom stereocenters. The average Bonchev–Trinajstić information content (AvgIpc) is 3.44. The van der Waals surface area contributed by atoms with Crippen molar-refractivity contribution in [3.05, 3.63) is 75.8 Å². The molecule has 1 saturated carbocycles. The number of hydrogen-bond donors (Lipinski definition) is 2. The lowest BCUT2D eigenvalue weighted by molar-refractivity contribution is -0.384. The van der Waals surface area contributed by atoms with Crippen LogP contribution in [0.4, 0.5) is 11.4 Å². The molecule has 0 aliphatic heterocycles. The maximum absolute atomic E-state index is 11.9. The number of nitro benzene ring substituents is 1. The van der Waals surface area contributed by atoms with Gasteiger partial charge in [0.25, 0.3) is 11.6 Å². The van der Waals surface area contributed by atoms with Crippen LogP contribution in [0.5, 0.6) is 0 Å². The molecule has 0 unspecified atom stereocenters. The molecule has 2 N–H and O–H groups in total. The number of hydrogen-bond acceptors (Lipinski definition) is 4. The highest BCUT2D eigenvalue weighted by molar-refractivity contribution is 6.02. The van der Waals surface area contributed by atoms with Crippen LogP contribution in [0, 0.1) is 10.1 Å². The summed E-state index contributed by atoms with van der Waals surface area (Å²) < 4.78 is 0. The van der Waals surface area contributed by atoms with E-state index < -0.39 is 10.8 Å². The molecule has 1 aliphatic carbocycles. The third-order valence-electron chi connectivity index (χ3n) is 3.84. The molecule has 0 aromatic heterocycles. The van der Waals surface area contributed by atoms with Gasteiger partial charge >= 0.3 is 0 Å². The van der Waals surface area contributed by atoms with Crippen LogP contribution in [0.15, 0.2) is 54.6 Å². The molecule has 2 aromatic carbocycles. The maximum atomic E-state index is 11.9. The molecule has 7 heteroatoms. The molecular weight excluding hydrogens is 334 g/mol. The van der Waals surface area contributed by atoms with E-state index in [2.05, 4.69) is 10.6 Å². The van der Waals surface area contributed by atoms with Crippen molar-refractivity contribution in [3.63, 3.8) is 0 Å². The number of non-ortho nitro benzene ring substituents is 1. The Bertz CT molecular complexity index is 871. The molecule has 2 aromatic rings. The second-order valence-electron chi connectivity index (χ2n) is 6.00. The summed E-state index contributed by atoms with van der Waals surface area (Å²) in [6, 6.07) is 12.9. The summed E-state index contributed by atoms with van der Waals surface area (Å²) in [7, 11) is 0. The van der Waals surface area contributed by atoms with E-state index in [1.807, 2.05) is 0 Å². The fourth-order valence-electron chi connectivity index (χ4n) is 2.30. The van der Waals surface area contributed by atoms with Crippen molar-refractivity contribution in [2.75, 3.05) is 5.32 Å². The first-order valence-electron chi connectivity index (χ1n) is 8.16. The second-order valence-corrected chi connectivity index (χ2v) is 6.00. The smallest absolute Gasteiger partial charge is 0.271 e. The molecule has 26 heavy (non-hydrogen) atoms.